The number of benzene rings is 1. The highest BCUT2D eigenvalue weighted by Gasteiger charge is 2.35. The van der Waals surface area contributed by atoms with Gasteiger partial charge < -0.3 is 0 Å². The molecule has 2 aliphatic rings. The first kappa shape index (κ1) is 15.6. The molecule has 1 aromatic carbocycles. The molecule has 0 N–H and O–H groups in total. The van der Waals surface area contributed by atoms with Gasteiger partial charge in [0, 0.05) is 28.1 Å². The Morgan fingerprint density at radius 3 is 2.79 bits per heavy atom. The summed E-state index contributed by atoms with van der Waals surface area (Å²) in [6.07, 6.45) is 4.07. The van der Waals surface area contributed by atoms with Crippen LogP contribution in [-0.4, -0.2) is 17.0 Å². The number of amides is 1. The highest BCUT2D eigenvalue weighted by molar-refractivity contribution is 7.08. The number of anilines is 2. The van der Waals surface area contributed by atoms with Gasteiger partial charge in [-0.15, -0.1) is 11.6 Å². The van der Waals surface area contributed by atoms with E-state index in [1.54, 1.807) is 22.3 Å². The Morgan fingerprint density at radius 1 is 1.21 bits per heavy atom. The van der Waals surface area contributed by atoms with E-state index in [0.717, 1.165) is 22.6 Å². The van der Waals surface area contributed by atoms with E-state index < -0.39 is 0 Å². The largest absolute Gasteiger partial charge is 0.282 e. The number of halogens is 2. The Bertz CT molecular complexity index is 900. The predicted octanol–water partition coefficient (Wildman–Crippen LogP) is 5.23. The number of carbonyl (C=O) groups is 1. The Morgan fingerprint density at radius 2 is 2.04 bits per heavy atom. The smallest absolute Gasteiger partial charge is 0.274 e. The van der Waals surface area contributed by atoms with E-state index in [-0.39, 0.29) is 11.3 Å². The van der Waals surface area contributed by atoms with E-state index in [1.807, 2.05) is 47.2 Å². The molecule has 1 atom stereocenters. The fourth-order valence-electron chi connectivity index (χ4n) is 2.80. The van der Waals surface area contributed by atoms with E-state index >= 15 is 0 Å². The Kier molecular flexibility index (Phi) is 4.04. The van der Waals surface area contributed by atoms with Crippen molar-refractivity contribution in [3.8, 4) is 0 Å². The number of para-hydroxylation sites is 1. The van der Waals surface area contributed by atoms with Crippen LogP contribution in [0.25, 0.3) is 0 Å². The van der Waals surface area contributed by atoms with Gasteiger partial charge in [-0.1, -0.05) is 29.8 Å². The summed E-state index contributed by atoms with van der Waals surface area (Å²) in [5, 5.41) is 4.21. The van der Waals surface area contributed by atoms with Gasteiger partial charge in [-0.3, -0.25) is 9.69 Å². The lowest BCUT2D eigenvalue weighted by Gasteiger charge is -2.15. The molecule has 0 fully saturated rings. The van der Waals surface area contributed by atoms with Crippen LogP contribution in [0.4, 0.5) is 11.4 Å². The fraction of sp³-hybridized carbons (Fsp3) is 0.111. The van der Waals surface area contributed by atoms with Crippen molar-refractivity contribution in [2.75, 3.05) is 4.90 Å². The average molecular weight is 375 g/mol. The zero-order chi connectivity index (χ0) is 16.7. The number of aliphatic imine (C=N–C) groups is 1. The first-order chi connectivity index (χ1) is 11.6. The Balaban J connectivity index is 1.80. The summed E-state index contributed by atoms with van der Waals surface area (Å²) in [6.45, 7) is 0. The maximum absolute atomic E-state index is 13.0. The Hall–Kier alpha value is -1.88. The highest BCUT2D eigenvalue weighted by atomic mass is 35.5. The van der Waals surface area contributed by atoms with E-state index in [9.17, 15) is 4.79 Å². The lowest BCUT2D eigenvalue weighted by Crippen LogP contribution is -2.25. The van der Waals surface area contributed by atoms with Gasteiger partial charge in [0.25, 0.3) is 5.91 Å². The van der Waals surface area contributed by atoms with Crippen molar-refractivity contribution >= 4 is 57.5 Å². The minimum Gasteiger partial charge on any atom is -0.274 e. The van der Waals surface area contributed by atoms with Gasteiger partial charge in [-0.05, 0) is 29.7 Å². The topological polar surface area (TPSA) is 32.7 Å². The lowest BCUT2D eigenvalue weighted by atomic mass is 10.1. The average Bonchev–Trinajstić information content (AvgIpc) is 3.18. The molecule has 0 radical (unpaired) electrons. The third kappa shape index (κ3) is 2.61. The first-order valence-corrected chi connectivity index (χ1v) is 9.16. The van der Waals surface area contributed by atoms with Crippen LogP contribution in [0.3, 0.4) is 0 Å². The second-order valence-corrected chi connectivity index (χ2v) is 7.22. The van der Waals surface area contributed by atoms with Gasteiger partial charge in [-0.25, -0.2) is 4.99 Å². The van der Waals surface area contributed by atoms with Gasteiger partial charge in [0.15, 0.2) is 0 Å². The van der Waals surface area contributed by atoms with Crippen LogP contribution in [-0.2, 0) is 4.79 Å². The second kappa shape index (κ2) is 6.20. The molecule has 2 heterocycles. The molecule has 0 saturated heterocycles. The molecule has 0 saturated carbocycles. The molecule has 4 rings (SSSR count). The van der Waals surface area contributed by atoms with Crippen molar-refractivity contribution in [3.63, 3.8) is 0 Å². The van der Waals surface area contributed by atoms with Gasteiger partial charge in [0.2, 0.25) is 0 Å². The number of rotatable bonds is 2. The number of alkyl halides is 1. The second-order valence-electron chi connectivity index (χ2n) is 5.48. The van der Waals surface area contributed by atoms with Gasteiger partial charge in [-0.2, -0.15) is 11.3 Å². The molecular weight excluding hydrogens is 363 g/mol. The lowest BCUT2D eigenvalue weighted by molar-refractivity contribution is -0.111. The van der Waals surface area contributed by atoms with Crippen molar-refractivity contribution < 1.29 is 4.79 Å². The van der Waals surface area contributed by atoms with Crippen LogP contribution in [0.15, 0.2) is 69.0 Å². The van der Waals surface area contributed by atoms with Crippen molar-refractivity contribution in [3.05, 3.63) is 69.5 Å². The van der Waals surface area contributed by atoms with Gasteiger partial charge >= 0.3 is 0 Å². The number of hydrogen-bond acceptors (Lipinski definition) is 3. The molecule has 2 aromatic rings. The minimum atomic E-state index is -0.296. The summed E-state index contributed by atoms with van der Waals surface area (Å²) < 4.78 is 0. The van der Waals surface area contributed by atoms with Crippen LogP contribution in [0.1, 0.15) is 12.0 Å². The number of allylic oxidation sites excluding steroid dienone is 4. The van der Waals surface area contributed by atoms with Crippen LogP contribution < -0.4 is 4.90 Å². The van der Waals surface area contributed by atoms with Crippen molar-refractivity contribution in [2.45, 2.75) is 11.8 Å². The molecule has 3 nitrogen and oxygen atoms in total. The zero-order valence-electron chi connectivity index (χ0n) is 12.4. The molecule has 1 aliphatic heterocycles. The minimum absolute atomic E-state index is 0.123. The molecule has 1 amide bonds. The van der Waals surface area contributed by atoms with Gasteiger partial charge in [0.1, 0.15) is 5.71 Å². The standard InChI is InChI=1S/C18H12Cl2N2OS/c19-14-6-5-11(9-15(14)20)21-17-13-3-1-2-4-16(13)22(18(17)23)12-7-8-24-10-12/h1-8,10,15H,9H2/b21-17-. The summed E-state index contributed by atoms with van der Waals surface area (Å²) in [7, 11) is 0. The van der Waals surface area contributed by atoms with Crippen LogP contribution in [0, 0.1) is 0 Å². The third-order valence-corrected chi connectivity index (χ3v) is 5.51. The molecule has 0 spiro atoms. The molecule has 6 heteroatoms. The van der Waals surface area contributed by atoms with E-state index in [4.69, 9.17) is 23.2 Å². The number of hydrogen-bond donors (Lipinski definition) is 0. The van der Waals surface area contributed by atoms with Crippen molar-refractivity contribution in [2.24, 2.45) is 4.99 Å². The van der Waals surface area contributed by atoms with E-state index in [2.05, 4.69) is 4.99 Å². The maximum atomic E-state index is 13.0. The quantitative estimate of drug-likeness (QED) is 0.662. The number of thiophene rings is 1. The van der Waals surface area contributed by atoms with Crippen LogP contribution >= 0.6 is 34.5 Å². The van der Waals surface area contributed by atoms with Crippen molar-refractivity contribution in [1.82, 2.24) is 0 Å². The van der Waals surface area contributed by atoms with Crippen LogP contribution in [0.2, 0.25) is 0 Å². The normalized spacial score (nSPS) is 21.8. The SMILES string of the molecule is O=C1/C(=N\C2=CC=C(Cl)C(Cl)C2)c2ccccc2N1c1ccsc1. The molecule has 1 unspecified atom stereocenters. The molecule has 1 aliphatic carbocycles. The molecule has 1 aromatic heterocycles. The highest BCUT2D eigenvalue weighted by Crippen LogP contribution is 2.37. The number of nitrogens with zero attached hydrogens (tertiary/aromatic N) is 2. The summed E-state index contributed by atoms with van der Waals surface area (Å²) in [5.74, 6) is -0.123. The fourth-order valence-corrected chi connectivity index (χ4v) is 3.80. The molecular formula is C18H12Cl2N2OS. The molecule has 0 bridgehead atoms. The maximum Gasteiger partial charge on any atom is 0.282 e. The first-order valence-electron chi connectivity index (χ1n) is 7.40. The van der Waals surface area contributed by atoms with Crippen LogP contribution in [0.5, 0.6) is 0 Å². The third-order valence-electron chi connectivity index (χ3n) is 3.95. The number of carbonyl (C=O) groups excluding carboxylic acids is 1. The molecule has 24 heavy (non-hydrogen) atoms. The summed E-state index contributed by atoms with van der Waals surface area (Å²) in [5.41, 5.74) is 3.75. The summed E-state index contributed by atoms with van der Waals surface area (Å²) in [6, 6.07) is 9.62. The van der Waals surface area contributed by atoms with E-state index in [0.29, 0.717) is 17.2 Å². The zero-order valence-corrected chi connectivity index (χ0v) is 14.8. The van der Waals surface area contributed by atoms with E-state index in [1.165, 1.54) is 0 Å². The summed E-state index contributed by atoms with van der Waals surface area (Å²) in [4.78, 5) is 19.3. The monoisotopic (exact) mass is 374 g/mol. The van der Waals surface area contributed by atoms with Gasteiger partial charge in [0.05, 0.1) is 16.8 Å². The predicted molar refractivity (Wildman–Crippen MR) is 101 cm³/mol. The van der Waals surface area contributed by atoms with Crippen molar-refractivity contribution in [1.29, 1.82) is 0 Å². The Labute approximate surface area is 153 Å². The summed E-state index contributed by atoms with van der Waals surface area (Å²) >= 11 is 13.8. The molecule has 120 valence electrons. The number of fused-ring (bicyclic) bond motifs is 1.